The van der Waals surface area contributed by atoms with Crippen LogP contribution in [0.5, 0.6) is 0 Å². The Labute approximate surface area is 92.2 Å². The maximum absolute atomic E-state index is 11.3. The normalized spacial score (nSPS) is 8.88. The van der Waals surface area contributed by atoms with Gasteiger partial charge in [-0.15, -0.1) is 0 Å². The number of carbonyl (C=O) groups is 4. The summed E-state index contributed by atoms with van der Waals surface area (Å²) in [7, 11) is 0. The summed E-state index contributed by atoms with van der Waals surface area (Å²) in [4.78, 5) is 43.6. The first-order valence-corrected chi connectivity index (χ1v) is 4.61. The molecular formula is C10H12O6. The molecule has 0 aliphatic carbocycles. The van der Waals surface area contributed by atoms with Crippen LogP contribution in [-0.2, 0) is 28.7 Å². The minimum atomic E-state index is -1.05. The smallest absolute Gasteiger partial charge is 0.346 e. The minimum absolute atomic E-state index is 0.0206. The summed E-state index contributed by atoms with van der Waals surface area (Å²) in [6.45, 7) is 3.10. The van der Waals surface area contributed by atoms with Crippen molar-refractivity contribution in [2.75, 3.05) is 13.2 Å². The predicted octanol–water partition coefficient (Wildman–Crippen LogP) is -0.193. The van der Waals surface area contributed by atoms with Crippen LogP contribution < -0.4 is 0 Å². The molecule has 0 fully saturated rings. The topological polar surface area (TPSA) is 86.7 Å². The summed E-state index contributed by atoms with van der Waals surface area (Å²) < 4.78 is 9.08. The van der Waals surface area contributed by atoms with Crippen molar-refractivity contribution in [1.82, 2.24) is 0 Å². The fourth-order valence-corrected chi connectivity index (χ4v) is 0.871. The minimum Gasteiger partial charge on any atom is -0.462 e. The van der Waals surface area contributed by atoms with E-state index in [4.69, 9.17) is 0 Å². The highest BCUT2D eigenvalue weighted by molar-refractivity contribution is 6.22. The molecule has 6 heteroatoms. The van der Waals surface area contributed by atoms with Crippen molar-refractivity contribution in [1.29, 1.82) is 0 Å². The zero-order chi connectivity index (χ0) is 12.6. The van der Waals surface area contributed by atoms with Gasteiger partial charge in [0.05, 0.1) is 18.8 Å². The highest BCUT2D eigenvalue weighted by atomic mass is 16.6. The van der Waals surface area contributed by atoms with Gasteiger partial charge in [-0.1, -0.05) is 0 Å². The molecule has 0 aromatic heterocycles. The molecule has 88 valence electrons. The average molecular weight is 228 g/mol. The molecule has 0 radical (unpaired) electrons. The summed E-state index contributed by atoms with van der Waals surface area (Å²) in [5.74, 6) is -2.09. The van der Waals surface area contributed by atoms with Gasteiger partial charge >= 0.3 is 11.9 Å². The van der Waals surface area contributed by atoms with Gasteiger partial charge in [0, 0.05) is 0 Å². The summed E-state index contributed by atoms with van der Waals surface area (Å²) >= 11 is 0. The van der Waals surface area contributed by atoms with Crippen LogP contribution in [0.3, 0.4) is 0 Å². The number of esters is 2. The van der Waals surface area contributed by atoms with E-state index >= 15 is 0 Å². The molecule has 0 aliphatic heterocycles. The molecule has 0 unspecified atom stereocenters. The number of carbonyl (C=O) groups excluding carboxylic acids is 4. The van der Waals surface area contributed by atoms with Crippen LogP contribution in [0.15, 0.2) is 11.1 Å². The molecule has 16 heavy (non-hydrogen) atoms. The molecule has 0 saturated carbocycles. The van der Waals surface area contributed by atoms with Crippen molar-refractivity contribution in [3.8, 4) is 0 Å². The number of allylic oxidation sites excluding steroid dienone is 1. The van der Waals surface area contributed by atoms with Gasteiger partial charge in [-0.2, -0.15) is 0 Å². The first-order valence-electron chi connectivity index (χ1n) is 4.61. The van der Waals surface area contributed by atoms with Gasteiger partial charge in [-0.3, -0.25) is 9.59 Å². The second-order valence-electron chi connectivity index (χ2n) is 2.51. The summed E-state index contributed by atoms with van der Waals surface area (Å²) in [5.41, 5.74) is -1.26. The van der Waals surface area contributed by atoms with Crippen molar-refractivity contribution in [2.24, 2.45) is 0 Å². The van der Waals surface area contributed by atoms with Gasteiger partial charge in [0.1, 0.15) is 0 Å². The monoisotopic (exact) mass is 228 g/mol. The highest BCUT2D eigenvalue weighted by Crippen LogP contribution is 2.06. The Morgan fingerprint density at radius 3 is 1.56 bits per heavy atom. The number of rotatable bonds is 6. The SMILES string of the molecule is CCOC(=O)C(C(=O)OCC)=C(C=O)C=O. The Balaban J connectivity index is 5.27. The van der Waals surface area contributed by atoms with Crippen LogP contribution in [0, 0.1) is 0 Å². The second-order valence-corrected chi connectivity index (χ2v) is 2.51. The van der Waals surface area contributed by atoms with Crippen LogP contribution in [0.2, 0.25) is 0 Å². The van der Waals surface area contributed by atoms with E-state index in [9.17, 15) is 19.2 Å². The fraction of sp³-hybridized carbons (Fsp3) is 0.400. The molecule has 0 rings (SSSR count). The third-order valence-corrected chi connectivity index (χ3v) is 1.50. The first kappa shape index (κ1) is 14.0. The zero-order valence-electron chi connectivity index (χ0n) is 9.02. The van der Waals surface area contributed by atoms with Crippen LogP contribution in [0.4, 0.5) is 0 Å². The number of hydrogen-bond donors (Lipinski definition) is 0. The van der Waals surface area contributed by atoms with E-state index in [0.29, 0.717) is 0 Å². The van der Waals surface area contributed by atoms with Crippen molar-refractivity contribution >= 4 is 24.5 Å². The van der Waals surface area contributed by atoms with Crippen LogP contribution in [0.25, 0.3) is 0 Å². The molecule has 0 aromatic carbocycles. The van der Waals surface area contributed by atoms with E-state index in [1.54, 1.807) is 0 Å². The third kappa shape index (κ3) is 3.64. The molecule has 0 bridgehead atoms. The van der Waals surface area contributed by atoms with Crippen LogP contribution in [-0.4, -0.2) is 37.7 Å². The second kappa shape index (κ2) is 7.33. The molecule has 0 saturated heterocycles. The Morgan fingerprint density at radius 1 is 0.938 bits per heavy atom. The quantitative estimate of drug-likeness (QED) is 0.206. The molecule has 0 aliphatic rings. The maximum atomic E-state index is 11.3. The molecular weight excluding hydrogens is 216 g/mol. The molecule has 6 nitrogen and oxygen atoms in total. The summed E-state index contributed by atoms with van der Waals surface area (Å²) in [6.07, 6.45) is 0.215. The largest absolute Gasteiger partial charge is 0.462 e. The molecule has 0 spiro atoms. The van der Waals surface area contributed by atoms with E-state index in [2.05, 4.69) is 9.47 Å². The van der Waals surface area contributed by atoms with E-state index in [-0.39, 0.29) is 25.8 Å². The van der Waals surface area contributed by atoms with Crippen molar-refractivity contribution < 1.29 is 28.7 Å². The van der Waals surface area contributed by atoms with Gasteiger partial charge in [0.25, 0.3) is 0 Å². The van der Waals surface area contributed by atoms with Gasteiger partial charge in [-0.25, -0.2) is 9.59 Å². The molecule has 0 N–H and O–H groups in total. The third-order valence-electron chi connectivity index (χ3n) is 1.50. The lowest BCUT2D eigenvalue weighted by molar-refractivity contribution is -0.147. The van der Waals surface area contributed by atoms with Gasteiger partial charge < -0.3 is 9.47 Å². The number of aldehydes is 2. The Hall–Kier alpha value is -1.98. The fourth-order valence-electron chi connectivity index (χ4n) is 0.871. The Kier molecular flexibility index (Phi) is 6.42. The van der Waals surface area contributed by atoms with E-state index in [0.717, 1.165) is 0 Å². The molecule has 0 heterocycles. The predicted molar refractivity (Wildman–Crippen MR) is 52.4 cm³/mol. The number of ether oxygens (including phenoxy) is 2. The van der Waals surface area contributed by atoms with Gasteiger partial charge in [0.2, 0.25) is 0 Å². The highest BCUT2D eigenvalue weighted by Gasteiger charge is 2.25. The lowest BCUT2D eigenvalue weighted by Crippen LogP contribution is -2.21. The Bertz CT molecular complexity index is 298. The van der Waals surface area contributed by atoms with Crippen LogP contribution >= 0.6 is 0 Å². The standard InChI is InChI=1S/C10H12O6/c1-3-15-9(13)8(7(5-11)6-12)10(14)16-4-2/h5-6H,3-4H2,1-2H3. The molecule has 0 aromatic rings. The van der Waals surface area contributed by atoms with Gasteiger partial charge in [0.15, 0.2) is 18.1 Å². The van der Waals surface area contributed by atoms with Crippen molar-refractivity contribution in [2.45, 2.75) is 13.8 Å². The summed E-state index contributed by atoms with van der Waals surface area (Å²) in [5, 5.41) is 0. The van der Waals surface area contributed by atoms with Gasteiger partial charge in [-0.05, 0) is 13.8 Å². The molecule has 0 amide bonds. The number of hydrogen-bond acceptors (Lipinski definition) is 6. The maximum Gasteiger partial charge on any atom is 0.346 e. The zero-order valence-corrected chi connectivity index (χ0v) is 9.02. The van der Waals surface area contributed by atoms with Crippen LogP contribution in [0.1, 0.15) is 13.8 Å². The average Bonchev–Trinajstić information content (AvgIpc) is 2.25. The Morgan fingerprint density at radius 2 is 1.31 bits per heavy atom. The molecule has 0 atom stereocenters. The lowest BCUT2D eigenvalue weighted by atomic mass is 10.1. The van der Waals surface area contributed by atoms with Crippen molar-refractivity contribution in [3.05, 3.63) is 11.1 Å². The van der Waals surface area contributed by atoms with E-state index < -0.39 is 23.1 Å². The lowest BCUT2D eigenvalue weighted by Gasteiger charge is -2.06. The first-order chi connectivity index (χ1) is 7.62. The van der Waals surface area contributed by atoms with E-state index in [1.165, 1.54) is 13.8 Å². The summed E-state index contributed by atoms with van der Waals surface area (Å²) in [6, 6.07) is 0. The van der Waals surface area contributed by atoms with Crippen molar-refractivity contribution in [3.63, 3.8) is 0 Å². The van der Waals surface area contributed by atoms with E-state index in [1.807, 2.05) is 0 Å².